The molecule has 0 saturated heterocycles. The lowest BCUT2D eigenvalue weighted by molar-refractivity contribution is 0.252. The van der Waals surface area contributed by atoms with E-state index in [9.17, 15) is 9.90 Å². The number of nitrogens with one attached hydrogen (secondary N) is 2. The normalized spacial score (nSPS) is 10.6. The van der Waals surface area contributed by atoms with Crippen LogP contribution in [0.2, 0.25) is 0 Å². The van der Waals surface area contributed by atoms with Gasteiger partial charge in [0, 0.05) is 5.69 Å². The molecular weight excluding hydrogens is 266 g/mol. The molecule has 0 saturated carbocycles. The van der Waals surface area contributed by atoms with Crippen molar-refractivity contribution in [1.82, 2.24) is 5.43 Å². The van der Waals surface area contributed by atoms with Crippen LogP contribution in [0.1, 0.15) is 16.7 Å². The molecular formula is C16H17N3O2. The molecule has 2 rings (SSSR count). The molecule has 5 nitrogen and oxygen atoms in total. The van der Waals surface area contributed by atoms with E-state index in [0.29, 0.717) is 5.69 Å². The van der Waals surface area contributed by atoms with E-state index in [2.05, 4.69) is 15.8 Å². The zero-order chi connectivity index (χ0) is 15.2. The highest BCUT2D eigenvalue weighted by atomic mass is 16.3. The Kier molecular flexibility index (Phi) is 4.56. The SMILES string of the molecule is Cc1cc(/C=N/NC(=O)Nc2ccccc2)cc(C)c1O. The standard InChI is InChI=1S/C16H17N3O2/c1-11-8-13(9-12(2)15(11)20)10-17-19-16(21)18-14-6-4-3-5-7-14/h3-10,20H,1-2H3,(H2,18,19,21)/b17-10+. The third-order valence-electron chi connectivity index (χ3n) is 2.92. The Labute approximate surface area is 123 Å². The van der Waals surface area contributed by atoms with Crippen molar-refractivity contribution in [3.8, 4) is 5.75 Å². The number of aryl methyl sites for hydroxylation is 2. The number of hydrogen-bond acceptors (Lipinski definition) is 3. The molecule has 0 aromatic heterocycles. The number of benzene rings is 2. The Morgan fingerprint density at radius 1 is 1.14 bits per heavy atom. The summed E-state index contributed by atoms with van der Waals surface area (Å²) in [5.41, 5.74) is 5.43. The van der Waals surface area contributed by atoms with Gasteiger partial charge in [0.2, 0.25) is 0 Å². The molecule has 5 heteroatoms. The first kappa shape index (κ1) is 14.6. The van der Waals surface area contributed by atoms with E-state index in [1.165, 1.54) is 6.21 Å². The molecule has 0 radical (unpaired) electrons. The summed E-state index contributed by atoms with van der Waals surface area (Å²) >= 11 is 0. The van der Waals surface area contributed by atoms with Gasteiger partial charge in [0.15, 0.2) is 0 Å². The Morgan fingerprint density at radius 2 is 1.76 bits per heavy atom. The lowest BCUT2D eigenvalue weighted by Gasteiger charge is -2.05. The maximum absolute atomic E-state index is 11.6. The van der Waals surface area contributed by atoms with Gasteiger partial charge in [-0.3, -0.25) is 0 Å². The van der Waals surface area contributed by atoms with E-state index in [1.807, 2.05) is 32.0 Å². The number of rotatable bonds is 3. The van der Waals surface area contributed by atoms with Crippen LogP contribution in [-0.2, 0) is 0 Å². The summed E-state index contributed by atoms with van der Waals surface area (Å²) in [7, 11) is 0. The molecule has 2 amide bonds. The molecule has 0 fully saturated rings. The highest BCUT2D eigenvalue weighted by Gasteiger charge is 2.02. The smallest absolute Gasteiger partial charge is 0.339 e. The molecule has 0 unspecified atom stereocenters. The molecule has 0 aliphatic carbocycles. The fourth-order valence-electron chi connectivity index (χ4n) is 1.91. The minimum atomic E-state index is -0.412. The molecule has 0 heterocycles. The zero-order valence-electron chi connectivity index (χ0n) is 11.9. The van der Waals surface area contributed by atoms with Crippen LogP contribution in [0.15, 0.2) is 47.6 Å². The Hall–Kier alpha value is -2.82. The fraction of sp³-hybridized carbons (Fsp3) is 0.125. The quantitative estimate of drug-likeness (QED) is 0.598. The topological polar surface area (TPSA) is 73.7 Å². The highest BCUT2D eigenvalue weighted by molar-refractivity contribution is 5.90. The maximum atomic E-state index is 11.6. The third kappa shape index (κ3) is 4.07. The number of phenols is 1. The number of carbonyl (C=O) groups is 1. The van der Waals surface area contributed by atoms with Crippen LogP contribution in [0, 0.1) is 13.8 Å². The van der Waals surface area contributed by atoms with Crippen LogP contribution >= 0.6 is 0 Å². The van der Waals surface area contributed by atoms with Crippen molar-refractivity contribution in [3.63, 3.8) is 0 Å². The summed E-state index contributed by atoms with van der Waals surface area (Å²) in [4.78, 5) is 11.6. The van der Waals surface area contributed by atoms with Crippen molar-refractivity contribution >= 4 is 17.9 Å². The number of phenolic OH excluding ortho intramolecular Hbond substituents is 1. The van der Waals surface area contributed by atoms with E-state index in [4.69, 9.17) is 0 Å². The van der Waals surface area contributed by atoms with Gasteiger partial charge >= 0.3 is 6.03 Å². The van der Waals surface area contributed by atoms with E-state index in [1.54, 1.807) is 24.3 Å². The summed E-state index contributed by atoms with van der Waals surface area (Å²) in [6.07, 6.45) is 1.53. The van der Waals surface area contributed by atoms with Crippen LogP contribution in [0.5, 0.6) is 5.75 Å². The molecule has 21 heavy (non-hydrogen) atoms. The monoisotopic (exact) mass is 283 g/mol. The number of carbonyl (C=O) groups excluding carboxylic acids is 1. The molecule has 3 N–H and O–H groups in total. The molecule has 2 aromatic rings. The number of aromatic hydroxyl groups is 1. The minimum Gasteiger partial charge on any atom is -0.507 e. The van der Waals surface area contributed by atoms with Crippen LogP contribution in [0.25, 0.3) is 0 Å². The van der Waals surface area contributed by atoms with Gasteiger partial charge < -0.3 is 10.4 Å². The summed E-state index contributed by atoms with van der Waals surface area (Å²) in [6, 6.07) is 12.3. The number of hydrazone groups is 1. The van der Waals surface area contributed by atoms with Crippen molar-refractivity contribution in [3.05, 3.63) is 59.2 Å². The second-order valence-corrected chi connectivity index (χ2v) is 4.69. The second kappa shape index (κ2) is 6.56. The second-order valence-electron chi connectivity index (χ2n) is 4.69. The van der Waals surface area contributed by atoms with Gasteiger partial charge in [-0.25, -0.2) is 10.2 Å². The van der Waals surface area contributed by atoms with Crippen molar-refractivity contribution in [2.24, 2.45) is 5.10 Å². The first-order valence-corrected chi connectivity index (χ1v) is 6.51. The first-order valence-electron chi connectivity index (χ1n) is 6.51. The van der Waals surface area contributed by atoms with Crippen LogP contribution in [0.4, 0.5) is 10.5 Å². The Balaban J connectivity index is 1.95. The maximum Gasteiger partial charge on any atom is 0.339 e. The molecule has 0 bridgehead atoms. The van der Waals surface area contributed by atoms with Crippen molar-refractivity contribution < 1.29 is 9.90 Å². The van der Waals surface area contributed by atoms with Gasteiger partial charge in [-0.2, -0.15) is 5.10 Å². The largest absolute Gasteiger partial charge is 0.507 e. The number of nitrogens with zero attached hydrogens (tertiary/aromatic N) is 1. The van der Waals surface area contributed by atoms with Gasteiger partial charge in [-0.1, -0.05) is 18.2 Å². The van der Waals surface area contributed by atoms with E-state index < -0.39 is 6.03 Å². The average molecular weight is 283 g/mol. The molecule has 0 spiro atoms. The predicted molar refractivity (Wildman–Crippen MR) is 83.8 cm³/mol. The number of anilines is 1. The minimum absolute atomic E-state index is 0.280. The summed E-state index contributed by atoms with van der Waals surface area (Å²) < 4.78 is 0. The van der Waals surface area contributed by atoms with Crippen LogP contribution in [0.3, 0.4) is 0 Å². The number of amides is 2. The van der Waals surface area contributed by atoms with Crippen molar-refractivity contribution in [2.75, 3.05) is 5.32 Å². The molecule has 0 atom stereocenters. The predicted octanol–water partition coefficient (Wildman–Crippen LogP) is 3.16. The average Bonchev–Trinajstić information content (AvgIpc) is 2.45. The van der Waals surface area contributed by atoms with Gasteiger partial charge in [0.1, 0.15) is 5.75 Å². The van der Waals surface area contributed by atoms with Gasteiger partial charge in [-0.05, 0) is 54.8 Å². The molecule has 108 valence electrons. The van der Waals surface area contributed by atoms with Gasteiger partial charge in [-0.15, -0.1) is 0 Å². The summed E-state index contributed by atoms with van der Waals surface area (Å²) in [5, 5.41) is 16.2. The molecule has 0 aliphatic heterocycles. The number of hydrogen-bond donors (Lipinski definition) is 3. The van der Waals surface area contributed by atoms with E-state index in [0.717, 1.165) is 16.7 Å². The summed E-state index contributed by atoms with van der Waals surface area (Å²) in [6.45, 7) is 3.63. The van der Waals surface area contributed by atoms with Crippen LogP contribution in [-0.4, -0.2) is 17.4 Å². The molecule has 0 aliphatic rings. The van der Waals surface area contributed by atoms with E-state index >= 15 is 0 Å². The zero-order valence-corrected chi connectivity index (χ0v) is 11.9. The summed E-state index contributed by atoms with van der Waals surface area (Å²) in [5.74, 6) is 0.280. The fourth-order valence-corrected chi connectivity index (χ4v) is 1.91. The Bertz CT molecular complexity index is 643. The Morgan fingerprint density at radius 3 is 2.38 bits per heavy atom. The highest BCUT2D eigenvalue weighted by Crippen LogP contribution is 2.21. The van der Waals surface area contributed by atoms with Crippen LogP contribution < -0.4 is 10.7 Å². The lowest BCUT2D eigenvalue weighted by Crippen LogP contribution is -2.24. The lowest BCUT2D eigenvalue weighted by atomic mass is 10.1. The number of urea groups is 1. The van der Waals surface area contributed by atoms with Gasteiger partial charge in [0.25, 0.3) is 0 Å². The number of para-hydroxylation sites is 1. The van der Waals surface area contributed by atoms with E-state index in [-0.39, 0.29) is 5.75 Å². The van der Waals surface area contributed by atoms with Gasteiger partial charge in [0.05, 0.1) is 6.21 Å². The molecule has 2 aromatic carbocycles. The third-order valence-corrected chi connectivity index (χ3v) is 2.92. The van der Waals surface area contributed by atoms with Crippen molar-refractivity contribution in [1.29, 1.82) is 0 Å². The van der Waals surface area contributed by atoms with Crippen molar-refractivity contribution in [2.45, 2.75) is 13.8 Å². The first-order chi connectivity index (χ1) is 10.1.